The van der Waals surface area contributed by atoms with Crippen molar-refractivity contribution >= 4 is 49.1 Å². The van der Waals surface area contributed by atoms with Gasteiger partial charge in [0.25, 0.3) is 0 Å². The SMILES string of the molecule is CCC(Nc1c(Br)cccc1Br)c1ccc(Cl)cc1. The number of halogens is 3. The first kappa shape index (κ1) is 14.9. The zero-order chi connectivity index (χ0) is 13.8. The molecule has 0 radical (unpaired) electrons. The highest BCUT2D eigenvalue weighted by atomic mass is 79.9. The Morgan fingerprint density at radius 3 is 2.16 bits per heavy atom. The molecule has 0 saturated carbocycles. The molecule has 2 aromatic carbocycles. The minimum Gasteiger partial charge on any atom is -0.376 e. The first-order valence-corrected chi connectivity index (χ1v) is 8.04. The standard InChI is InChI=1S/C15H14Br2ClN/c1-2-14(10-6-8-11(18)9-7-10)19-15-12(16)4-3-5-13(15)17/h3-9,14,19H,2H2,1H3. The van der Waals surface area contributed by atoms with E-state index in [-0.39, 0.29) is 6.04 Å². The highest BCUT2D eigenvalue weighted by Gasteiger charge is 2.12. The lowest BCUT2D eigenvalue weighted by molar-refractivity contribution is 0.748. The number of benzene rings is 2. The minimum absolute atomic E-state index is 0.257. The number of rotatable bonds is 4. The lowest BCUT2D eigenvalue weighted by Gasteiger charge is -2.21. The molecule has 19 heavy (non-hydrogen) atoms. The number of nitrogens with one attached hydrogen (secondary N) is 1. The average Bonchev–Trinajstić information content (AvgIpc) is 2.40. The van der Waals surface area contributed by atoms with Crippen molar-refractivity contribution in [1.29, 1.82) is 0 Å². The number of hydrogen-bond donors (Lipinski definition) is 1. The Hall–Kier alpha value is -0.510. The van der Waals surface area contributed by atoms with Gasteiger partial charge in [-0.05, 0) is 68.1 Å². The molecule has 1 atom stereocenters. The quantitative estimate of drug-likeness (QED) is 0.620. The normalized spacial score (nSPS) is 12.2. The molecule has 0 aromatic heterocycles. The fourth-order valence-corrected chi connectivity index (χ4v) is 3.28. The third-order valence-corrected chi connectivity index (χ3v) is 4.54. The molecule has 2 rings (SSSR count). The maximum Gasteiger partial charge on any atom is 0.0633 e. The Morgan fingerprint density at radius 1 is 1.05 bits per heavy atom. The molecular formula is C15H14Br2ClN. The van der Waals surface area contributed by atoms with E-state index in [4.69, 9.17) is 11.6 Å². The fourth-order valence-electron chi connectivity index (χ4n) is 1.93. The van der Waals surface area contributed by atoms with E-state index in [0.717, 1.165) is 26.1 Å². The van der Waals surface area contributed by atoms with Crippen molar-refractivity contribution in [3.05, 3.63) is 62.0 Å². The second-order valence-electron chi connectivity index (χ2n) is 4.25. The monoisotopic (exact) mass is 401 g/mol. The van der Waals surface area contributed by atoms with Crippen LogP contribution < -0.4 is 5.32 Å². The van der Waals surface area contributed by atoms with E-state index in [2.05, 4.69) is 56.2 Å². The molecular weight excluding hydrogens is 389 g/mol. The molecule has 0 saturated heterocycles. The van der Waals surface area contributed by atoms with Gasteiger partial charge < -0.3 is 5.32 Å². The summed E-state index contributed by atoms with van der Waals surface area (Å²) >= 11 is 13.1. The molecule has 2 aromatic rings. The van der Waals surface area contributed by atoms with Crippen LogP contribution in [0.4, 0.5) is 5.69 Å². The maximum atomic E-state index is 5.93. The molecule has 1 N–H and O–H groups in total. The Kier molecular flexibility index (Phi) is 5.31. The van der Waals surface area contributed by atoms with Crippen LogP contribution >= 0.6 is 43.5 Å². The van der Waals surface area contributed by atoms with E-state index in [1.54, 1.807) is 0 Å². The summed E-state index contributed by atoms with van der Waals surface area (Å²) in [5.74, 6) is 0. The lowest BCUT2D eigenvalue weighted by Crippen LogP contribution is -2.10. The molecule has 0 aliphatic heterocycles. The molecule has 1 unspecified atom stereocenters. The molecule has 100 valence electrons. The second kappa shape index (κ2) is 6.78. The summed E-state index contributed by atoms with van der Waals surface area (Å²) in [6.45, 7) is 2.16. The van der Waals surface area contributed by atoms with Crippen LogP contribution in [0, 0.1) is 0 Å². The molecule has 0 aliphatic rings. The minimum atomic E-state index is 0.257. The number of hydrogen-bond acceptors (Lipinski definition) is 1. The smallest absolute Gasteiger partial charge is 0.0633 e. The number of para-hydroxylation sites is 1. The van der Waals surface area contributed by atoms with Crippen molar-refractivity contribution < 1.29 is 0 Å². The lowest BCUT2D eigenvalue weighted by atomic mass is 10.0. The first-order valence-electron chi connectivity index (χ1n) is 6.08. The van der Waals surface area contributed by atoms with Crippen LogP contribution in [0.25, 0.3) is 0 Å². The van der Waals surface area contributed by atoms with Crippen LogP contribution in [0.5, 0.6) is 0 Å². The first-order chi connectivity index (χ1) is 9.11. The van der Waals surface area contributed by atoms with Crippen LogP contribution in [0.3, 0.4) is 0 Å². The van der Waals surface area contributed by atoms with Gasteiger partial charge in [0.15, 0.2) is 0 Å². The molecule has 1 nitrogen and oxygen atoms in total. The Morgan fingerprint density at radius 2 is 1.63 bits per heavy atom. The van der Waals surface area contributed by atoms with Gasteiger partial charge in [0, 0.05) is 14.0 Å². The topological polar surface area (TPSA) is 12.0 Å². The van der Waals surface area contributed by atoms with E-state index < -0.39 is 0 Å². The van der Waals surface area contributed by atoms with Crippen LogP contribution in [0.1, 0.15) is 24.9 Å². The van der Waals surface area contributed by atoms with Gasteiger partial charge in [0.1, 0.15) is 0 Å². The third kappa shape index (κ3) is 3.74. The Labute approximate surface area is 135 Å². The molecule has 4 heteroatoms. The molecule has 0 heterocycles. The van der Waals surface area contributed by atoms with Crippen molar-refractivity contribution in [2.45, 2.75) is 19.4 Å². The van der Waals surface area contributed by atoms with Gasteiger partial charge >= 0.3 is 0 Å². The summed E-state index contributed by atoms with van der Waals surface area (Å²) in [6, 6.07) is 14.3. The van der Waals surface area contributed by atoms with Gasteiger partial charge in [0.2, 0.25) is 0 Å². The fraction of sp³-hybridized carbons (Fsp3) is 0.200. The van der Waals surface area contributed by atoms with Crippen molar-refractivity contribution in [3.63, 3.8) is 0 Å². The van der Waals surface area contributed by atoms with Crippen molar-refractivity contribution in [2.75, 3.05) is 5.32 Å². The van der Waals surface area contributed by atoms with Crippen LogP contribution in [-0.2, 0) is 0 Å². The highest BCUT2D eigenvalue weighted by Crippen LogP contribution is 2.34. The summed E-state index contributed by atoms with van der Waals surface area (Å²) in [5.41, 5.74) is 2.30. The summed E-state index contributed by atoms with van der Waals surface area (Å²) < 4.78 is 2.10. The van der Waals surface area contributed by atoms with Gasteiger partial charge in [-0.3, -0.25) is 0 Å². The van der Waals surface area contributed by atoms with E-state index in [9.17, 15) is 0 Å². The average molecular weight is 404 g/mol. The largest absolute Gasteiger partial charge is 0.376 e. The predicted molar refractivity (Wildman–Crippen MR) is 89.9 cm³/mol. The Bertz CT molecular complexity index is 534. The van der Waals surface area contributed by atoms with Gasteiger partial charge in [-0.1, -0.05) is 36.7 Å². The van der Waals surface area contributed by atoms with Gasteiger partial charge in [-0.2, -0.15) is 0 Å². The summed E-state index contributed by atoms with van der Waals surface area (Å²) in [5, 5.41) is 4.33. The molecule has 0 bridgehead atoms. The predicted octanol–water partition coefficient (Wildman–Crippen LogP) is 6.43. The summed E-state index contributed by atoms with van der Waals surface area (Å²) in [6.07, 6.45) is 0.995. The summed E-state index contributed by atoms with van der Waals surface area (Å²) in [4.78, 5) is 0. The molecule has 0 aliphatic carbocycles. The van der Waals surface area contributed by atoms with E-state index in [1.165, 1.54) is 5.56 Å². The third-order valence-electron chi connectivity index (χ3n) is 2.96. The Balaban J connectivity index is 2.26. The summed E-state index contributed by atoms with van der Waals surface area (Å²) in [7, 11) is 0. The van der Waals surface area contributed by atoms with Crippen molar-refractivity contribution in [1.82, 2.24) is 0 Å². The van der Waals surface area contributed by atoms with Crippen LogP contribution in [-0.4, -0.2) is 0 Å². The van der Waals surface area contributed by atoms with E-state index in [1.807, 2.05) is 30.3 Å². The molecule has 0 fully saturated rings. The van der Waals surface area contributed by atoms with E-state index in [0.29, 0.717) is 0 Å². The highest BCUT2D eigenvalue weighted by molar-refractivity contribution is 9.11. The maximum absolute atomic E-state index is 5.93. The van der Waals surface area contributed by atoms with Crippen molar-refractivity contribution in [3.8, 4) is 0 Å². The van der Waals surface area contributed by atoms with E-state index >= 15 is 0 Å². The van der Waals surface area contributed by atoms with Gasteiger partial charge in [-0.25, -0.2) is 0 Å². The zero-order valence-corrected chi connectivity index (χ0v) is 14.4. The van der Waals surface area contributed by atoms with Gasteiger partial charge in [0.05, 0.1) is 11.7 Å². The van der Waals surface area contributed by atoms with Crippen LogP contribution in [0.2, 0.25) is 5.02 Å². The molecule has 0 spiro atoms. The van der Waals surface area contributed by atoms with Gasteiger partial charge in [-0.15, -0.1) is 0 Å². The zero-order valence-electron chi connectivity index (χ0n) is 10.5. The second-order valence-corrected chi connectivity index (χ2v) is 6.40. The van der Waals surface area contributed by atoms with Crippen LogP contribution in [0.15, 0.2) is 51.4 Å². The number of anilines is 1. The van der Waals surface area contributed by atoms with Crippen molar-refractivity contribution in [2.24, 2.45) is 0 Å². The molecule has 0 amide bonds.